The number of rotatable bonds is 6. The van der Waals surface area contributed by atoms with E-state index in [1.54, 1.807) is 6.92 Å². The van der Waals surface area contributed by atoms with Crippen molar-refractivity contribution in [3.05, 3.63) is 41.5 Å². The zero-order chi connectivity index (χ0) is 15.1. The summed E-state index contributed by atoms with van der Waals surface area (Å²) in [6.07, 6.45) is 2.35. The van der Waals surface area contributed by atoms with Gasteiger partial charge in [0, 0.05) is 6.54 Å². The van der Waals surface area contributed by atoms with E-state index in [2.05, 4.69) is 11.6 Å². The van der Waals surface area contributed by atoms with E-state index >= 15 is 0 Å². The molecule has 0 radical (unpaired) electrons. The van der Waals surface area contributed by atoms with E-state index in [1.807, 2.05) is 0 Å². The smallest absolute Gasteiger partial charge is 0.325 e. The molecule has 0 saturated carbocycles. The maximum absolute atomic E-state index is 13.1. The van der Waals surface area contributed by atoms with Crippen LogP contribution in [0.15, 0.2) is 24.9 Å². The molecule has 1 rings (SSSR count). The van der Waals surface area contributed by atoms with Gasteiger partial charge in [0.2, 0.25) is 0 Å². The average molecular weight is 301 g/mol. The molecule has 0 atom stereocenters. The first kappa shape index (κ1) is 16.1. The van der Waals surface area contributed by atoms with E-state index < -0.39 is 17.7 Å². The molecular weight excluding hydrogens is 287 g/mol. The maximum atomic E-state index is 13.1. The second-order valence-corrected chi connectivity index (χ2v) is 4.13. The Morgan fingerprint density at radius 3 is 2.90 bits per heavy atom. The van der Waals surface area contributed by atoms with E-state index in [9.17, 15) is 14.0 Å². The second kappa shape index (κ2) is 7.59. The van der Waals surface area contributed by atoms with Crippen molar-refractivity contribution in [3.63, 3.8) is 0 Å². The predicted octanol–water partition coefficient (Wildman–Crippen LogP) is 2.07. The molecule has 0 aliphatic carbocycles. The van der Waals surface area contributed by atoms with Crippen molar-refractivity contribution in [1.82, 2.24) is 9.88 Å². The number of amides is 1. The fraction of sp³-hybridized carbons (Fsp3) is 0.308. The number of hydrogen-bond acceptors (Lipinski definition) is 4. The van der Waals surface area contributed by atoms with Crippen LogP contribution in [0.4, 0.5) is 4.39 Å². The number of ether oxygens (including phenoxy) is 1. The Labute approximate surface area is 121 Å². The summed E-state index contributed by atoms with van der Waals surface area (Å²) in [5.74, 6) is -1.87. The van der Waals surface area contributed by atoms with Crippen LogP contribution in [0.25, 0.3) is 0 Å². The van der Waals surface area contributed by atoms with Crippen LogP contribution in [0, 0.1) is 5.82 Å². The Morgan fingerprint density at radius 1 is 1.60 bits per heavy atom. The SMILES string of the molecule is C=CCN(CC(=O)OCC)C(=O)c1cc(F)cnc1Cl. The molecule has 0 N–H and O–H groups in total. The highest BCUT2D eigenvalue weighted by atomic mass is 35.5. The van der Waals surface area contributed by atoms with Gasteiger partial charge >= 0.3 is 5.97 Å². The minimum absolute atomic E-state index is 0.102. The van der Waals surface area contributed by atoms with Crippen LogP contribution in [0.3, 0.4) is 0 Å². The minimum atomic E-state index is -0.688. The van der Waals surface area contributed by atoms with Gasteiger partial charge in [-0.05, 0) is 13.0 Å². The van der Waals surface area contributed by atoms with Gasteiger partial charge in [-0.25, -0.2) is 9.37 Å². The number of hydrogen-bond donors (Lipinski definition) is 0. The van der Waals surface area contributed by atoms with Crippen molar-refractivity contribution >= 4 is 23.5 Å². The normalized spacial score (nSPS) is 9.95. The molecule has 0 spiro atoms. The monoisotopic (exact) mass is 300 g/mol. The van der Waals surface area contributed by atoms with Gasteiger partial charge in [0.1, 0.15) is 17.5 Å². The van der Waals surface area contributed by atoms with Crippen LogP contribution in [-0.4, -0.2) is 41.5 Å². The van der Waals surface area contributed by atoms with Gasteiger partial charge in [-0.3, -0.25) is 9.59 Å². The van der Waals surface area contributed by atoms with Crippen molar-refractivity contribution < 1.29 is 18.7 Å². The highest BCUT2D eigenvalue weighted by Crippen LogP contribution is 2.16. The van der Waals surface area contributed by atoms with E-state index in [0.29, 0.717) is 0 Å². The molecule has 1 amide bonds. The minimum Gasteiger partial charge on any atom is -0.465 e. The first-order valence-corrected chi connectivity index (χ1v) is 6.24. The topological polar surface area (TPSA) is 59.5 Å². The van der Waals surface area contributed by atoms with E-state index in [0.717, 1.165) is 17.2 Å². The van der Waals surface area contributed by atoms with Crippen molar-refractivity contribution in [3.8, 4) is 0 Å². The van der Waals surface area contributed by atoms with Crippen molar-refractivity contribution in [2.24, 2.45) is 0 Å². The van der Waals surface area contributed by atoms with Crippen LogP contribution in [0.1, 0.15) is 17.3 Å². The molecule has 1 aromatic rings. The Hall–Kier alpha value is -1.95. The first-order chi connectivity index (χ1) is 9.49. The van der Waals surface area contributed by atoms with Gasteiger partial charge in [-0.2, -0.15) is 0 Å². The van der Waals surface area contributed by atoms with E-state index in [4.69, 9.17) is 16.3 Å². The van der Waals surface area contributed by atoms with Crippen LogP contribution in [-0.2, 0) is 9.53 Å². The molecule has 5 nitrogen and oxygen atoms in total. The number of nitrogens with zero attached hydrogens (tertiary/aromatic N) is 2. The molecule has 0 bridgehead atoms. The Balaban J connectivity index is 2.95. The zero-order valence-corrected chi connectivity index (χ0v) is 11.7. The number of carbonyl (C=O) groups is 2. The molecule has 7 heteroatoms. The third-order valence-electron chi connectivity index (χ3n) is 2.30. The number of halogens is 2. The summed E-state index contributed by atoms with van der Waals surface area (Å²) in [7, 11) is 0. The van der Waals surface area contributed by atoms with Crippen molar-refractivity contribution in [2.45, 2.75) is 6.92 Å². The summed E-state index contributed by atoms with van der Waals surface area (Å²) in [5.41, 5.74) is -0.113. The maximum Gasteiger partial charge on any atom is 0.325 e. The number of pyridine rings is 1. The molecule has 0 unspecified atom stereocenters. The summed E-state index contributed by atoms with van der Waals surface area (Å²) in [5, 5.41) is -0.130. The lowest BCUT2D eigenvalue weighted by Gasteiger charge is -2.20. The number of carbonyl (C=O) groups excluding carboxylic acids is 2. The largest absolute Gasteiger partial charge is 0.465 e. The molecule has 0 fully saturated rings. The molecular formula is C13H14ClFN2O3. The molecule has 0 saturated heterocycles. The molecule has 0 aliphatic heterocycles. The van der Waals surface area contributed by atoms with Crippen LogP contribution in [0.5, 0.6) is 0 Å². The Kier molecular flexibility index (Phi) is 6.11. The third-order valence-corrected chi connectivity index (χ3v) is 2.60. The molecule has 0 aromatic carbocycles. The molecule has 0 aliphatic rings. The van der Waals surface area contributed by atoms with Gasteiger partial charge < -0.3 is 9.64 Å². The molecule has 108 valence electrons. The van der Waals surface area contributed by atoms with Crippen LogP contribution in [0.2, 0.25) is 5.15 Å². The summed E-state index contributed by atoms with van der Waals surface area (Å²) >= 11 is 5.77. The molecule has 20 heavy (non-hydrogen) atoms. The summed E-state index contributed by atoms with van der Waals surface area (Å²) < 4.78 is 17.9. The summed E-state index contributed by atoms with van der Waals surface area (Å²) in [6.45, 7) is 5.19. The van der Waals surface area contributed by atoms with Gasteiger partial charge in [-0.15, -0.1) is 6.58 Å². The lowest BCUT2D eigenvalue weighted by Crippen LogP contribution is -2.37. The molecule has 1 heterocycles. The molecule has 1 aromatic heterocycles. The lowest BCUT2D eigenvalue weighted by molar-refractivity contribution is -0.143. The highest BCUT2D eigenvalue weighted by Gasteiger charge is 2.21. The fourth-order valence-electron chi connectivity index (χ4n) is 1.48. The van der Waals surface area contributed by atoms with Gasteiger partial charge in [0.05, 0.1) is 18.4 Å². The number of aromatic nitrogens is 1. The predicted molar refractivity (Wildman–Crippen MR) is 71.9 cm³/mol. The fourth-order valence-corrected chi connectivity index (χ4v) is 1.66. The highest BCUT2D eigenvalue weighted by molar-refractivity contribution is 6.32. The Bertz CT molecular complexity index is 522. The van der Waals surface area contributed by atoms with Crippen LogP contribution >= 0.6 is 11.6 Å². The van der Waals surface area contributed by atoms with Gasteiger partial charge in [0.25, 0.3) is 5.91 Å². The summed E-state index contributed by atoms with van der Waals surface area (Å²) in [4.78, 5) is 28.4. The number of esters is 1. The van der Waals surface area contributed by atoms with Crippen LogP contribution < -0.4 is 0 Å². The van der Waals surface area contributed by atoms with E-state index in [1.165, 1.54) is 6.08 Å². The van der Waals surface area contributed by atoms with Crippen molar-refractivity contribution in [2.75, 3.05) is 19.7 Å². The van der Waals surface area contributed by atoms with Crippen molar-refractivity contribution in [1.29, 1.82) is 0 Å². The third kappa shape index (κ3) is 4.31. The van der Waals surface area contributed by atoms with Gasteiger partial charge in [-0.1, -0.05) is 17.7 Å². The average Bonchev–Trinajstić information content (AvgIpc) is 2.40. The summed E-state index contributed by atoms with van der Waals surface area (Å²) in [6, 6.07) is 0.971. The van der Waals surface area contributed by atoms with Gasteiger partial charge in [0.15, 0.2) is 0 Å². The Morgan fingerprint density at radius 2 is 2.30 bits per heavy atom. The van der Waals surface area contributed by atoms with E-state index in [-0.39, 0.29) is 30.4 Å². The first-order valence-electron chi connectivity index (χ1n) is 5.86. The zero-order valence-electron chi connectivity index (χ0n) is 10.9. The second-order valence-electron chi connectivity index (χ2n) is 3.77. The quantitative estimate of drug-likeness (QED) is 0.458. The lowest BCUT2D eigenvalue weighted by atomic mass is 10.2. The standard InChI is InChI=1S/C13H14ClFN2O3/c1-3-5-17(8-11(18)20-4-2)13(19)10-6-9(15)7-16-12(10)14/h3,6-7H,1,4-5,8H2,2H3.